The summed E-state index contributed by atoms with van der Waals surface area (Å²) >= 11 is 0. The summed E-state index contributed by atoms with van der Waals surface area (Å²) in [6, 6.07) is 19.3. The molecule has 2 aromatic carbocycles. The third-order valence-electron chi connectivity index (χ3n) is 4.97. The monoisotopic (exact) mass is 366 g/mol. The van der Waals surface area contributed by atoms with Crippen molar-refractivity contribution in [1.29, 1.82) is 0 Å². The SMILES string of the molecule is O=C1C(OCc2ccccc2)=C[C@@H]2C[C@H](O)[C@@]1(COCc1ccccc1)O2. The van der Waals surface area contributed by atoms with Gasteiger partial charge in [0.1, 0.15) is 6.61 Å². The van der Waals surface area contributed by atoms with Gasteiger partial charge in [0, 0.05) is 6.42 Å². The van der Waals surface area contributed by atoms with Gasteiger partial charge in [-0.2, -0.15) is 0 Å². The van der Waals surface area contributed by atoms with Crippen LogP contribution in [-0.4, -0.2) is 35.3 Å². The van der Waals surface area contributed by atoms with Gasteiger partial charge < -0.3 is 19.3 Å². The van der Waals surface area contributed by atoms with E-state index in [9.17, 15) is 9.90 Å². The lowest BCUT2D eigenvalue weighted by Crippen LogP contribution is -2.53. The predicted octanol–water partition coefficient (Wildman–Crippen LogP) is 2.78. The minimum Gasteiger partial charge on any atom is -0.485 e. The summed E-state index contributed by atoms with van der Waals surface area (Å²) in [7, 11) is 0. The zero-order valence-electron chi connectivity index (χ0n) is 14.9. The van der Waals surface area contributed by atoms with Gasteiger partial charge >= 0.3 is 0 Å². The maximum Gasteiger partial charge on any atom is 0.233 e. The maximum absolute atomic E-state index is 13.0. The summed E-state index contributed by atoms with van der Waals surface area (Å²) in [4.78, 5) is 13.0. The molecule has 2 aliphatic heterocycles. The van der Waals surface area contributed by atoms with Gasteiger partial charge in [0.2, 0.25) is 5.78 Å². The smallest absolute Gasteiger partial charge is 0.233 e. The molecule has 2 aromatic rings. The van der Waals surface area contributed by atoms with E-state index >= 15 is 0 Å². The number of benzene rings is 2. The molecule has 5 nitrogen and oxygen atoms in total. The molecule has 140 valence electrons. The first-order chi connectivity index (χ1) is 13.2. The summed E-state index contributed by atoms with van der Waals surface area (Å²) in [5, 5.41) is 10.5. The zero-order chi connectivity index (χ0) is 18.7. The van der Waals surface area contributed by atoms with Gasteiger partial charge in [-0.3, -0.25) is 4.79 Å². The van der Waals surface area contributed by atoms with Crippen LogP contribution in [0.1, 0.15) is 17.5 Å². The molecule has 3 atom stereocenters. The predicted molar refractivity (Wildman–Crippen MR) is 98.6 cm³/mol. The molecule has 2 bridgehead atoms. The number of aliphatic hydroxyl groups is 1. The number of ketones is 1. The Labute approximate surface area is 158 Å². The molecular weight excluding hydrogens is 344 g/mol. The minimum absolute atomic E-state index is 0.00949. The van der Waals surface area contributed by atoms with Crippen molar-refractivity contribution in [1.82, 2.24) is 0 Å². The average molecular weight is 366 g/mol. The van der Waals surface area contributed by atoms with Crippen LogP contribution in [0.4, 0.5) is 0 Å². The van der Waals surface area contributed by atoms with Crippen molar-refractivity contribution in [3.05, 3.63) is 83.6 Å². The fraction of sp³-hybridized carbons (Fsp3) is 0.318. The minimum atomic E-state index is -1.39. The number of ether oxygens (including phenoxy) is 3. The summed E-state index contributed by atoms with van der Waals surface area (Å²) in [5.74, 6) is -0.109. The molecule has 2 heterocycles. The van der Waals surface area contributed by atoms with E-state index in [1.165, 1.54) is 0 Å². The summed E-state index contributed by atoms with van der Waals surface area (Å²) in [6.45, 7) is 0.632. The molecule has 2 aliphatic rings. The number of hydrogen-bond acceptors (Lipinski definition) is 5. The van der Waals surface area contributed by atoms with Crippen molar-refractivity contribution < 1.29 is 24.1 Å². The van der Waals surface area contributed by atoms with Gasteiger partial charge in [0.15, 0.2) is 11.4 Å². The third-order valence-corrected chi connectivity index (χ3v) is 4.97. The van der Waals surface area contributed by atoms with Crippen molar-refractivity contribution in [2.45, 2.75) is 37.4 Å². The van der Waals surface area contributed by atoms with E-state index in [4.69, 9.17) is 14.2 Å². The summed E-state index contributed by atoms with van der Waals surface area (Å²) in [5.41, 5.74) is 0.581. The Hall–Kier alpha value is -2.47. The van der Waals surface area contributed by atoms with Crippen LogP contribution in [0, 0.1) is 0 Å². The number of rotatable bonds is 7. The molecule has 0 unspecified atom stereocenters. The number of aliphatic hydroxyl groups excluding tert-OH is 1. The van der Waals surface area contributed by atoms with Crippen molar-refractivity contribution in [2.75, 3.05) is 6.61 Å². The van der Waals surface area contributed by atoms with E-state index in [0.717, 1.165) is 11.1 Å². The molecule has 1 N–H and O–H groups in total. The molecule has 0 amide bonds. The van der Waals surface area contributed by atoms with Crippen molar-refractivity contribution in [2.24, 2.45) is 0 Å². The number of fused-ring (bicyclic) bond motifs is 2. The second-order valence-electron chi connectivity index (χ2n) is 6.91. The van der Waals surface area contributed by atoms with Crippen molar-refractivity contribution in [3.8, 4) is 0 Å². The van der Waals surface area contributed by atoms with E-state index in [1.807, 2.05) is 60.7 Å². The van der Waals surface area contributed by atoms with Gasteiger partial charge in [0.25, 0.3) is 0 Å². The normalized spacial score (nSPS) is 26.7. The molecular formula is C22H22O5. The van der Waals surface area contributed by atoms with Crippen LogP contribution in [0.5, 0.6) is 0 Å². The van der Waals surface area contributed by atoms with Gasteiger partial charge in [-0.15, -0.1) is 0 Å². The molecule has 1 fully saturated rings. The van der Waals surface area contributed by atoms with E-state index in [1.54, 1.807) is 6.08 Å². The second-order valence-corrected chi connectivity index (χ2v) is 6.91. The first kappa shape index (κ1) is 17.9. The maximum atomic E-state index is 13.0. The quantitative estimate of drug-likeness (QED) is 0.816. The van der Waals surface area contributed by atoms with Crippen LogP contribution in [0.3, 0.4) is 0 Å². The molecule has 1 saturated heterocycles. The van der Waals surface area contributed by atoms with Crippen molar-refractivity contribution in [3.63, 3.8) is 0 Å². The molecule has 0 radical (unpaired) electrons. The largest absolute Gasteiger partial charge is 0.485 e. The highest BCUT2D eigenvalue weighted by Crippen LogP contribution is 2.39. The van der Waals surface area contributed by atoms with Crippen molar-refractivity contribution >= 4 is 5.78 Å². The first-order valence-electron chi connectivity index (χ1n) is 9.08. The molecule has 0 spiro atoms. The Balaban J connectivity index is 1.43. The van der Waals surface area contributed by atoms with E-state index in [-0.39, 0.29) is 24.3 Å². The number of hydrogen-bond donors (Lipinski definition) is 1. The third kappa shape index (κ3) is 3.67. The van der Waals surface area contributed by atoms with E-state index in [2.05, 4.69) is 0 Å². The van der Waals surface area contributed by atoms with Gasteiger partial charge in [-0.25, -0.2) is 0 Å². The van der Waals surface area contributed by atoms with Crippen LogP contribution < -0.4 is 0 Å². The Morgan fingerprint density at radius 2 is 1.63 bits per heavy atom. The first-order valence-corrected chi connectivity index (χ1v) is 9.08. The van der Waals surface area contributed by atoms with Gasteiger partial charge in [0.05, 0.1) is 25.4 Å². The Morgan fingerprint density at radius 3 is 2.30 bits per heavy atom. The van der Waals surface area contributed by atoms with E-state index < -0.39 is 11.7 Å². The van der Waals surface area contributed by atoms with Crippen LogP contribution in [0.15, 0.2) is 72.5 Å². The van der Waals surface area contributed by atoms with Crippen LogP contribution in [-0.2, 0) is 32.2 Å². The molecule has 5 heteroatoms. The second kappa shape index (κ2) is 7.64. The molecule has 0 aromatic heterocycles. The van der Waals surface area contributed by atoms with Gasteiger partial charge in [-0.05, 0) is 17.2 Å². The topological polar surface area (TPSA) is 65.0 Å². The van der Waals surface area contributed by atoms with Crippen LogP contribution in [0.2, 0.25) is 0 Å². The summed E-state index contributed by atoms with van der Waals surface area (Å²) < 4.78 is 17.4. The molecule has 27 heavy (non-hydrogen) atoms. The Kier molecular flexibility index (Phi) is 5.07. The van der Waals surface area contributed by atoms with Crippen LogP contribution in [0.25, 0.3) is 0 Å². The highest BCUT2D eigenvalue weighted by molar-refractivity contribution is 6.02. The number of carbonyl (C=O) groups excluding carboxylic acids is 1. The van der Waals surface area contributed by atoms with Crippen LogP contribution >= 0.6 is 0 Å². The van der Waals surface area contributed by atoms with Gasteiger partial charge in [-0.1, -0.05) is 60.7 Å². The molecule has 4 rings (SSSR count). The average Bonchev–Trinajstić information content (AvgIpc) is 2.97. The fourth-order valence-electron chi connectivity index (χ4n) is 3.51. The lowest BCUT2D eigenvalue weighted by molar-refractivity contribution is -0.165. The summed E-state index contributed by atoms with van der Waals surface area (Å²) in [6.07, 6.45) is 0.763. The zero-order valence-corrected chi connectivity index (χ0v) is 14.9. The standard InChI is InChI=1S/C22H22O5/c23-20-12-18-11-19(26-14-17-9-5-2-6-10-17)21(24)22(20,27-18)15-25-13-16-7-3-1-4-8-16/h1-11,18,20,23H,12-15H2/t18-,20+,22-/m1/s1. The number of Topliss-reactive ketones (excluding diaryl/α,β-unsaturated/α-hetero) is 1. The highest BCUT2D eigenvalue weighted by Gasteiger charge is 2.57. The molecule has 0 saturated carbocycles. The lowest BCUT2D eigenvalue weighted by atomic mass is 9.92. The lowest BCUT2D eigenvalue weighted by Gasteiger charge is -2.33. The Morgan fingerprint density at radius 1 is 1.00 bits per heavy atom. The number of carbonyl (C=O) groups is 1. The highest BCUT2D eigenvalue weighted by atomic mass is 16.6. The molecule has 0 aliphatic carbocycles. The Bertz CT molecular complexity index is 817. The van der Waals surface area contributed by atoms with E-state index in [0.29, 0.717) is 19.6 Å². The fourth-order valence-corrected chi connectivity index (χ4v) is 3.51.